The maximum atomic E-state index is 5.92. The summed E-state index contributed by atoms with van der Waals surface area (Å²) >= 11 is 0. The minimum Gasteiger partial charge on any atom is -0.497 e. The minimum atomic E-state index is 0.570. The van der Waals surface area contributed by atoms with Gasteiger partial charge in [-0.2, -0.15) is 5.10 Å². The van der Waals surface area contributed by atoms with E-state index in [1.807, 2.05) is 38.2 Å². The second-order valence-corrected chi connectivity index (χ2v) is 4.31. The summed E-state index contributed by atoms with van der Waals surface area (Å²) in [5, 5.41) is 4.37. The number of aromatic nitrogens is 2. The lowest BCUT2D eigenvalue weighted by Crippen LogP contribution is -2.05. The van der Waals surface area contributed by atoms with Crippen molar-refractivity contribution in [2.75, 3.05) is 13.7 Å². The molecule has 0 spiro atoms. The highest BCUT2D eigenvalue weighted by Crippen LogP contribution is 2.29. The van der Waals surface area contributed by atoms with Gasteiger partial charge >= 0.3 is 0 Å². The summed E-state index contributed by atoms with van der Waals surface area (Å²) in [6, 6.07) is 7.49. The van der Waals surface area contributed by atoms with E-state index in [1.54, 1.807) is 11.8 Å². The Morgan fingerprint density at radius 2 is 2.05 bits per heavy atom. The molecule has 0 radical (unpaired) electrons. The molecule has 0 saturated carbocycles. The van der Waals surface area contributed by atoms with E-state index in [-0.39, 0.29) is 0 Å². The zero-order valence-corrected chi connectivity index (χ0v) is 11.5. The first-order chi connectivity index (χ1) is 9.15. The lowest BCUT2D eigenvalue weighted by molar-refractivity contribution is 0.400. The average molecular weight is 261 g/mol. The number of rotatable bonds is 5. The van der Waals surface area contributed by atoms with E-state index in [0.29, 0.717) is 6.54 Å². The molecule has 19 heavy (non-hydrogen) atoms. The molecular formula is C14H19N3O2. The van der Waals surface area contributed by atoms with Crippen LogP contribution in [0.25, 0.3) is 0 Å². The Labute approximate surface area is 112 Å². The van der Waals surface area contributed by atoms with Gasteiger partial charge in [0.05, 0.1) is 12.8 Å². The van der Waals surface area contributed by atoms with Crippen LogP contribution in [0, 0.1) is 6.92 Å². The molecule has 0 aliphatic rings. The summed E-state index contributed by atoms with van der Waals surface area (Å²) in [4.78, 5) is 0. The van der Waals surface area contributed by atoms with Gasteiger partial charge in [0.2, 0.25) is 5.88 Å². The fourth-order valence-electron chi connectivity index (χ4n) is 2.02. The molecule has 0 atom stereocenters. The first kappa shape index (κ1) is 13.4. The van der Waals surface area contributed by atoms with Crippen LogP contribution < -0.4 is 15.2 Å². The molecule has 1 heterocycles. The topological polar surface area (TPSA) is 62.3 Å². The normalized spacial score (nSPS) is 10.5. The molecule has 0 amide bonds. The van der Waals surface area contributed by atoms with E-state index in [2.05, 4.69) is 5.10 Å². The predicted octanol–water partition coefficient (Wildman–Crippen LogP) is 2.03. The molecular weight excluding hydrogens is 242 g/mol. The molecule has 0 unspecified atom stereocenters. The van der Waals surface area contributed by atoms with Crippen molar-refractivity contribution in [2.24, 2.45) is 12.8 Å². The maximum Gasteiger partial charge on any atom is 0.221 e. The van der Waals surface area contributed by atoms with Gasteiger partial charge in [0.15, 0.2) is 0 Å². The highest BCUT2D eigenvalue weighted by molar-refractivity contribution is 5.39. The second kappa shape index (κ2) is 5.75. The first-order valence-electron chi connectivity index (χ1n) is 6.20. The van der Waals surface area contributed by atoms with E-state index >= 15 is 0 Å². The fraction of sp³-hybridized carbons (Fsp3) is 0.357. The number of ether oxygens (including phenoxy) is 2. The van der Waals surface area contributed by atoms with Crippen molar-refractivity contribution in [3.63, 3.8) is 0 Å². The molecule has 0 saturated heterocycles. The zero-order valence-electron chi connectivity index (χ0n) is 11.5. The molecule has 5 nitrogen and oxygen atoms in total. The summed E-state index contributed by atoms with van der Waals surface area (Å²) in [6.45, 7) is 2.53. The summed E-state index contributed by atoms with van der Waals surface area (Å²) in [7, 11) is 3.50. The third-order valence-electron chi connectivity index (χ3n) is 2.94. The lowest BCUT2D eigenvalue weighted by atomic mass is 10.2. The molecule has 2 aromatic rings. The molecule has 1 aromatic carbocycles. The van der Waals surface area contributed by atoms with Gasteiger partial charge in [-0.25, -0.2) is 4.68 Å². The van der Waals surface area contributed by atoms with Crippen LogP contribution in [0.5, 0.6) is 17.4 Å². The number of hydrogen-bond donors (Lipinski definition) is 1. The first-order valence-corrected chi connectivity index (χ1v) is 6.20. The Morgan fingerprint density at radius 1 is 1.32 bits per heavy atom. The number of methoxy groups -OCH3 is 1. The van der Waals surface area contributed by atoms with Crippen molar-refractivity contribution in [2.45, 2.75) is 13.3 Å². The van der Waals surface area contributed by atoms with Crippen molar-refractivity contribution in [3.8, 4) is 17.4 Å². The third kappa shape index (κ3) is 2.88. The predicted molar refractivity (Wildman–Crippen MR) is 73.8 cm³/mol. The summed E-state index contributed by atoms with van der Waals surface area (Å²) in [6.07, 6.45) is 0.749. The number of nitrogens with zero attached hydrogens (tertiary/aromatic N) is 2. The number of aryl methyl sites for hydroxylation is 2. The molecule has 2 rings (SSSR count). The smallest absolute Gasteiger partial charge is 0.221 e. The molecule has 5 heteroatoms. The quantitative estimate of drug-likeness (QED) is 0.894. The standard InChI is InChI=1S/C14H19N3O2/c1-10-13(7-8-15)14(17(2)16-10)19-12-6-4-5-11(9-12)18-3/h4-6,9H,7-8,15H2,1-3H3. The van der Waals surface area contributed by atoms with E-state index in [1.165, 1.54) is 0 Å². The summed E-state index contributed by atoms with van der Waals surface area (Å²) < 4.78 is 12.8. The van der Waals surface area contributed by atoms with Gasteiger partial charge in [-0.3, -0.25) is 0 Å². The molecule has 0 aliphatic heterocycles. The summed E-state index contributed by atoms with van der Waals surface area (Å²) in [5.74, 6) is 2.22. The lowest BCUT2D eigenvalue weighted by Gasteiger charge is -2.09. The van der Waals surface area contributed by atoms with Crippen molar-refractivity contribution in [1.82, 2.24) is 9.78 Å². The molecule has 0 fully saturated rings. The Kier molecular flexibility index (Phi) is 4.06. The van der Waals surface area contributed by atoms with E-state index in [4.69, 9.17) is 15.2 Å². The third-order valence-corrected chi connectivity index (χ3v) is 2.94. The Hall–Kier alpha value is -2.01. The van der Waals surface area contributed by atoms with Gasteiger partial charge in [-0.1, -0.05) is 6.07 Å². The molecule has 102 valence electrons. The molecule has 0 bridgehead atoms. The number of benzene rings is 1. The Morgan fingerprint density at radius 3 is 2.74 bits per heavy atom. The zero-order chi connectivity index (χ0) is 13.8. The highest BCUT2D eigenvalue weighted by Gasteiger charge is 2.14. The number of hydrogen-bond acceptors (Lipinski definition) is 4. The van der Waals surface area contributed by atoms with E-state index in [9.17, 15) is 0 Å². The van der Waals surface area contributed by atoms with Crippen LogP contribution in [0.1, 0.15) is 11.3 Å². The van der Waals surface area contributed by atoms with Gasteiger partial charge in [0.25, 0.3) is 0 Å². The molecule has 0 aliphatic carbocycles. The van der Waals surface area contributed by atoms with E-state index < -0.39 is 0 Å². The van der Waals surface area contributed by atoms with Gasteiger partial charge in [-0.15, -0.1) is 0 Å². The monoisotopic (exact) mass is 261 g/mol. The average Bonchev–Trinajstić information content (AvgIpc) is 2.66. The van der Waals surface area contributed by atoms with Crippen molar-refractivity contribution in [1.29, 1.82) is 0 Å². The van der Waals surface area contributed by atoms with Gasteiger partial charge in [0.1, 0.15) is 11.5 Å². The fourth-order valence-corrected chi connectivity index (χ4v) is 2.02. The van der Waals surface area contributed by atoms with Gasteiger partial charge in [0, 0.05) is 18.7 Å². The van der Waals surface area contributed by atoms with Crippen LogP contribution in [0.3, 0.4) is 0 Å². The van der Waals surface area contributed by atoms with Crippen LogP contribution in [0.15, 0.2) is 24.3 Å². The van der Waals surface area contributed by atoms with Crippen molar-refractivity contribution in [3.05, 3.63) is 35.5 Å². The van der Waals surface area contributed by atoms with Gasteiger partial charge in [-0.05, 0) is 32.0 Å². The van der Waals surface area contributed by atoms with Crippen LogP contribution in [0.2, 0.25) is 0 Å². The minimum absolute atomic E-state index is 0.570. The Bertz CT molecular complexity index is 564. The van der Waals surface area contributed by atoms with Crippen LogP contribution >= 0.6 is 0 Å². The Balaban J connectivity index is 2.31. The SMILES string of the molecule is COc1cccc(Oc2c(CCN)c(C)nn2C)c1. The highest BCUT2D eigenvalue weighted by atomic mass is 16.5. The van der Waals surface area contributed by atoms with Crippen LogP contribution in [-0.2, 0) is 13.5 Å². The van der Waals surface area contributed by atoms with Crippen molar-refractivity contribution >= 4 is 0 Å². The van der Waals surface area contributed by atoms with E-state index in [0.717, 1.165) is 35.1 Å². The largest absolute Gasteiger partial charge is 0.497 e. The van der Waals surface area contributed by atoms with Crippen LogP contribution in [-0.4, -0.2) is 23.4 Å². The second-order valence-electron chi connectivity index (χ2n) is 4.31. The van der Waals surface area contributed by atoms with Crippen molar-refractivity contribution < 1.29 is 9.47 Å². The summed E-state index contributed by atoms with van der Waals surface area (Å²) in [5.41, 5.74) is 7.63. The molecule has 2 N–H and O–H groups in total. The van der Waals surface area contributed by atoms with Crippen LogP contribution in [0.4, 0.5) is 0 Å². The number of nitrogens with two attached hydrogens (primary N) is 1. The maximum absolute atomic E-state index is 5.92. The molecule has 1 aromatic heterocycles. The van der Waals surface area contributed by atoms with Gasteiger partial charge < -0.3 is 15.2 Å².